The molecule has 0 amide bonds. The lowest BCUT2D eigenvalue weighted by atomic mass is 9.94. The molecule has 0 radical (unpaired) electrons. The summed E-state index contributed by atoms with van der Waals surface area (Å²) in [6.45, 7) is 3.84. The molecule has 0 aromatic carbocycles. The number of hydrogen-bond acceptors (Lipinski definition) is 1. The molecule has 4 heteroatoms. The van der Waals surface area contributed by atoms with E-state index in [0.29, 0.717) is 0 Å². The van der Waals surface area contributed by atoms with Crippen molar-refractivity contribution in [3.05, 3.63) is 0 Å². The van der Waals surface area contributed by atoms with E-state index < -0.39 is 18.6 Å². The summed E-state index contributed by atoms with van der Waals surface area (Å²) in [6.07, 6.45) is -3.03. The van der Waals surface area contributed by atoms with Crippen LogP contribution in [0.4, 0.5) is 13.2 Å². The molecule has 0 fully saturated rings. The van der Waals surface area contributed by atoms with Gasteiger partial charge in [0.1, 0.15) is 0 Å². The van der Waals surface area contributed by atoms with Gasteiger partial charge in [-0.25, -0.2) is 0 Å². The Morgan fingerprint density at radius 3 is 2.15 bits per heavy atom. The third kappa shape index (κ3) is 5.91. The van der Waals surface area contributed by atoms with Crippen LogP contribution in [0.1, 0.15) is 33.1 Å². The SMILES string of the molecule is CCCC(C)C(CC(F)(F)F)NC. The van der Waals surface area contributed by atoms with Crippen LogP contribution >= 0.6 is 0 Å². The van der Waals surface area contributed by atoms with E-state index in [9.17, 15) is 13.2 Å². The maximum atomic E-state index is 12.1. The zero-order valence-corrected chi connectivity index (χ0v) is 8.41. The van der Waals surface area contributed by atoms with Gasteiger partial charge in [0.05, 0.1) is 6.42 Å². The Morgan fingerprint density at radius 2 is 1.85 bits per heavy atom. The molecule has 0 aliphatic carbocycles. The molecule has 0 saturated heterocycles. The van der Waals surface area contributed by atoms with Crippen molar-refractivity contribution in [2.24, 2.45) is 5.92 Å². The molecule has 0 aliphatic heterocycles. The Labute approximate surface area is 77.7 Å². The molecular formula is C9H18F3N. The first-order valence-electron chi connectivity index (χ1n) is 4.64. The number of alkyl halides is 3. The van der Waals surface area contributed by atoms with Gasteiger partial charge in [-0.3, -0.25) is 0 Å². The van der Waals surface area contributed by atoms with E-state index in [1.54, 1.807) is 7.05 Å². The average Bonchev–Trinajstić information content (AvgIpc) is 1.99. The van der Waals surface area contributed by atoms with Crippen LogP contribution in [0.15, 0.2) is 0 Å². The molecule has 1 nitrogen and oxygen atoms in total. The van der Waals surface area contributed by atoms with E-state index in [2.05, 4.69) is 5.32 Å². The lowest BCUT2D eigenvalue weighted by molar-refractivity contribution is -0.142. The van der Waals surface area contributed by atoms with Crippen molar-refractivity contribution in [3.63, 3.8) is 0 Å². The summed E-state index contributed by atoms with van der Waals surface area (Å²) >= 11 is 0. The molecule has 0 rings (SSSR count). The second-order valence-electron chi connectivity index (χ2n) is 3.48. The Bertz CT molecular complexity index is 133. The van der Waals surface area contributed by atoms with E-state index in [-0.39, 0.29) is 5.92 Å². The molecule has 2 atom stereocenters. The fourth-order valence-electron chi connectivity index (χ4n) is 1.49. The smallest absolute Gasteiger partial charge is 0.316 e. The summed E-state index contributed by atoms with van der Waals surface area (Å²) in [5.74, 6) is 0.0802. The van der Waals surface area contributed by atoms with Gasteiger partial charge < -0.3 is 5.32 Å². The second-order valence-corrected chi connectivity index (χ2v) is 3.48. The van der Waals surface area contributed by atoms with E-state index >= 15 is 0 Å². The Hall–Kier alpha value is -0.250. The largest absolute Gasteiger partial charge is 0.390 e. The van der Waals surface area contributed by atoms with Crippen LogP contribution in [0.25, 0.3) is 0 Å². The van der Waals surface area contributed by atoms with Crippen LogP contribution in [-0.2, 0) is 0 Å². The summed E-state index contributed by atoms with van der Waals surface area (Å²) < 4.78 is 36.2. The third-order valence-corrected chi connectivity index (χ3v) is 2.25. The minimum absolute atomic E-state index is 0.0802. The summed E-state index contributed by atoms with van der Waals surface area (Å²) in [4.78, 5) is 0. The van der Waals surface area contributed by atoms with Gasteiger partial charge in [0, 0.05) is 6.04 Å². The van der Waals surface area contributed by atoms with Crippen LogP contribution in [0, 0.1) is 5.92 Å². The van der Waals surface area contributed by atoms with E-state index in [1.165, 1.54) is 0 Å². The molecule has 0 aromatic rings. The predicted octanol–water partition coefficient (Wildman–Crippen LogP) is 2.96. The monoisotopic (exact) mass is 197 g/mol. The maximum absolute atomic E-state index is 12.1. The lowest BCUT2D eigenvalue weighted by Crippen LogP contribution is -2.36. The number of rotatable bonds is 5. The van der Waals surface area contributed by atoms with Gasteiger partial charge in [0.25, 0.3) is 0 Å². The third-order valence-electron chi connectivity index (χ3n) is 2.25. The molecule has 0 aromatic heterocycles. The molecule has 0 saturated carbocycles. The van der Waals surface area contributed by atoms with Crippen LogP contribution in [0.5, 0.6) is 0 Å². The molecule has 0 spiro atoms. The van der Waals surface area contributed by atoms with Crippen molar-refractivity contribution in [1.82, 2.24) is 5.32 Å². The van der Waals surface area contributed by atoms with Crippen molar-refractivity contribution < 1.29 is 13.2 Å². The van der Waals surface area contributed by atoms with Crippen molar-refractivity contribution in [1.29, 1.82) is 0 Å². The zero-order chi connectivity index (χ0) is 10.5. The highest BCUT2D eigenvalue weighted by Gasteiger charge is 2.33. The van der Waals surface area contributed by atoms with Crippen molar-refractivity contribution in [3.8, 4) is 0 Å². The fraction of sp³-hybridized carbons (Fsp3) is 1.00. The van der Waals surface area contributed by atoms with Crippen LogP contribution < -0.4 is 5.32 Å². The number of nitrogens with one attached hydrogen (secondary N) is 1. The maximum Gasteiger partial charge on any atom is 0.390 e. The topological polar surface area (TPSA) is 12.0 Å². The summed E-state index contributed by atoms with van der Waals surface area (Å²) in [5, 5.41) is 2.72. The summed E-state index contributed by atoms with van der Waals surface area (Å²) in [5.41, 5.74) is 0. The first kappa shape index (κ1) is 12.8. The van der Waals surface area contributed by atoms with Gasteiger partial charge in [-0.05, 0) is 19.4 Å². The second kappa shape index (κ2) is 5.47. The van der Waals surface area contributed by atoms with Crippen molar-refractivity contribution >= 4 is 0 Å². The normalized spacial score (nSPS) is 17.1. The highest BCUT2D eigenvalue weighted by molar-refractivity contribution is 4.74. The lowest BCUT2D eigenvalue weighted by Gasteiger charge is -2.24. The first-order chi connectivity index (χ1) is 5.90. The van der Waals surface area contributed by atoms with Gasteiger partial charge in [0.2, 0.25) is 0 Å². The van der Waals surface area contributed by atoms with Gasteiger partial charge in [-0.2, -0.15) is 13.2 Å². The Balaban J connectivity index is 4.01. The minimum Gasteiger partial charge on any atom is -0.316 e. The van der Waals surface area contributed by atoms with Gasteiger partial charge in [-0.15, -0.1) is 0 Å². The average molecular weight is 197 g/mol. The van der Waals surface area contributed by atoms with Crippen molar-refractivity contribution in [2.45, 2.75) is 45.3 Å². The highest BCUT2D eigenvalue weighted by atomic mass is 19.4. The molecular weight excluding hydrogens is 179 g/mol. The van der Waals surface area contributed by atoms with Crippen molar-refractivity contribution in [2.75, 3.05) is 7.05 Å². The van der Waals surface area contributed by atoms with E-state index in [4.69, 9.17) is 0 Å². The molecule has 13 heavy (non-hydrogen) atoms. The number of hydrogen-bond donors (Lipinski definition) is 1. The molecule has 2 unspecified atom stereocenters. The highest BCUT2D eigenvalue weighted by Crippen LogP contribution is 2.25. The number of halogens is 3. The van der Waals surface area contributed by atoms with Crippen LogP contribution in [-0.4, -0.2) is 19.3 Å². The molecule has 0 heterocycles. The van der Waals surface area contributed by atoms with Gasteiger partial charge in [0.15, 0.2) is 0 Å². The molecule has 0 aliphatic rings. The fourth-order valence-corrected chi connectivity index (χ4v) is 1.49. The van der Waals surface area contributed by atoms with Crippen LogP contribution in [0.3, 0.4) is 0 Å². The quantitative estimate of drug-likeness (QED) is 0.714. The predicted molar refractivity (Wildman–Crippen MR) is 47.6 cm³/mol. The van der Waals surface area contributed by atoms with Gasteiger partial charge >= 0.3 is 6.18 Å². The molecule has 1 N–H and O–H groups in total. The molecule has 0 bridgehead atoms. The van der Waals surface area contributed by atoms with Crippen LogP contribution in [0.2, 0.25) is 0 Å². The summed E-state index contributed by atoms with van der Waals surface area (Å²) in [7, 11) is 1.59. The first-order valence-corrected chi connectivity index (χ1v) is 4.64. The molecule has 80 valence electrons. The Kier molecular flexibility index (Phi) is 5.37. The van der Waals surface area contributed by atoms with E-state index in [1.807, 2.05) is 13.8 Å². The summed E-state index contributed by atoms with van der Waals surface area (Å²) in [6, 6.07) is -0.444. The zero-order valence-electron chi connectivity index (χ0n) is 8.41. The van der Waals surface area contributed by atoms with E-state index in [0.717, 1.165) is 12.8 Å². The Morgan fingerprint density at radius 1 is 1.31 bits per heavy atom. The van der Waals surface area contributed by atoms with Gasteiger partial charge in [-0.1, -0.05) is 20.3 Å². The standard InChI is InChI=1S/C9H18F3N/c1-4-5-7(2)8(13-3)6-9(10,11)12/h7-8,13H,4-6H2,1-3H3. The minimum atomic E-state index is -4.06.